The molecule has 0 saturated heterocycles. The third kappa shape index (κ3) is 3.61. The van der Waals surface area contributed by atoms with Gasteiger partial charge in [-0.3, -0.25) is 0 Å². The van der Waals surface area contributed by atoms with Gasteiger partial charge in [0.05, 0.1) is 6.04 Å². The normalized spacial score (nSPS) is 19.1. The molecule has 0 N–H and O–H groups in total. The van der Waals surface area contributed by atoms with E-state index >= 15 is 0 Å². The Hall–Kier alpha value is -3.58. The lowest BCUT2D eigenvalue weighted by molar-refractivity contribution is 0.335. The van der Waals surface area contributed by atoms with Crippen LogP contribution in [0.15, 0.2) is 98.1 Å². The van der Waals surface area contributed by atoms with Crippen molar-refractivity contribution in [2.75, 3.05) is 4.90 Å². The van der Waals surface area contributed by atoms with Crippen LogP contribution in [0, 0.1) is 5.92 Å². The molecule has 0 amide bonds. The van der Waals surface area contributed by atoms with Gasteiger partial charge >= 0.3 is 0 Å². The molecular weight excluding hydrogens is 434 g/mol. The minimum atomic E-state index is -0.0742. The van der Waals surface area contributed by atoms with Crippen LogP contribution in [0.2, 0.25) is 0 Å². The monoisotopic (exact) mass is 471 g/mol. The number of allylic oxidation sites excluding steroid dienone is 1. The van der Waals surface area contributed by atoms with Crippen LogP contribution >= 0.6 is 0 Å². The van der Waals surface area contributed by atoms with E-state index in [2.05, 4.69) is 137 Å². The van der Waals surface area contributed by atoms with Gasteiger partial charge in [-0.25, -0.2) is 0 Å². The SMILES string of the molecule is C=Cc1c(CCC)c2ccccc2c2cc3c(cc12)C(C)(C)C(/C=C\C)C(C=C)N3c1ccccc1. The molecule has 4 aromatic carbocycles. The fourth-order valence-corrected chi connectivity index (χ4v) is 6.43. The van der Waals surface area contributed by atoms with Crippen LogP contribution in [0.4, 0.5) is 11.4 Å². The van der Waals surface area contributed by atoms with Gasteiger partial charge in [0.25, 0.3) is 0 Å². The Labute approximate surface area is 216 Å². The van der Waals surface area contributed by atoms with Crippen molar-refractivity contribution in [2.24, 2.45) is 5.92 Å². The Bertz CT molecular complexity index is 1470. The molecule has 0 aromatic heterocycles. The third-order valence-corrected chi connectivity index (χ3v) is 8.13. The number of anilines is 2. The maximum absolute atomic E-state index is 4.31. The molecule has 1 aliphatic heterocycles. The summed E-state index contributed by atoms with van der Waals surface area (Å²) in [5.41, 5.74) is 6.47. The van der Waals surface area contributed by atoms with E-state index in [1.165, 1.54) is 49.6 Å². The molecule has 0 saturated carbocycles. The van der Waals surface area contributed by atoms with Crippen molar-refractivity contribution in [1.82, 2.24) is 0 Å². The zero-order valence-electron chi connectivity index (χ0n) is 22.1. The molecule has 1 nitrogen and oxygen atoms in total. The number of fused-ring (bicyclic) bond motifs is 4. The van der Waals surface area contributed by atoms with Gasteiger partial charge in [0.1, 0.15) is 0 Å². The third-order valence-electron chi connectivity index (χ3n) is 8.13. The zero-order valence-corrected chi connectivity index (χ0v) is 22.1. The van der Waals surface area contributed by atoms with Crippen LogP contribution < -0.4 is 4.90 Å². The van der Waals surface area contributed by atoms with Gasteiger partial charge in [0, 0.05) is 22.7 Å². The van der Waals surface area contributed by atoms with Crippen molar-refractivity contribution >= 4 is 39.0 Å². The maximum atomic E-state index is 4.31. The lowest BCUT2D eigenvalue weighted by Crippen LogP contribution is -2.49. The Morgan fingerprint density at radius 1 is 0.889 bits per heavy atom. The summed E-state index contributed by atoms with van der Waals surface area (Å²) in [6, 6.07) is 24.7. The summed E-state index contributed by atoms with van der Waals surface area (Å²) in [5.74, 6) is 0.285. The van der Waals surface area contributed by atoms with Gasteiger partial charge in [-0.1, -0.05) is 101 Å². The molecule has 4 aromatic rings. The molecule has 1 heterocycles. The average molecular weight is 472 g/mol. The maximum Gasteiger partial charge on any atom is 0.0590 e. The summed E-state index contributed by atoms with van der Waals surface area (Å²) in [7, 11) is 0. The largest absolute Gasteiger partial charge is 0.334 e. The number of para-hydroxylation sites is 1. The molecule has 2 atom stereocenters. The van der Waals surface area contributed by atoms with E-state index in [1.807, 2.05) is 0 Å². The molecule has 0 aliphatic carbocycles. The summed E-state index contributed by atoms with van der Waals surface area (Å²) >= 11 is 0. The summed E-state index contributed by atoms with van der Waals surface area (Å²) in [5, 5.41) is 5.27. The van der Waals surface area contributed by atoms with E-state index in [1.54, 1.807) is 0 Å². The number of hydrogen-bond acceptors (Lipinski definition) is 1. The fraction of sp³-hybridized carbons (Fsp3) is 0.257. The predicted octanol–water partition coefficient (Wildman–Crippen LogP) is 9.76. The molecular formula is C35H37N. The molecule has 0 bridgehead atoms. The first kappa shape index (κ1) is 24.1. The van der Waals surface area contributed by atoms with E-state index in [4.69, 9.17) is 0 Å². The molecule has 36 heavy (non-hydrogen) atoms. The van der Waals surface area contributed by atoms with Crippen LogP contribution in [0.5, 0.6) is 0 Å². The van der Waals surface area contributed by atoms with E-state index < -0.39 is 0 Å². The minimum Gasteiger partial charge on any atom is -0.334 e. The number of hydrogen-bond donors (Lipinski definition) is 0. The minimum absolute atomic E-state index is 0.0742. The van der Waals surface area contributed by atoms with Gasteiger partial charge in [-0.2, -0.15) is 0 Å². The zero-order chi connectivity index (χ0) is 25.4. The first-order valence-electron chi connectivity index (χ1n) is 13.2. The van der Waals surface area contributed by atoms with E-state index in [9.17, 15) is 0 Å². The highest BCUT2D eigenvalue weighted by Gasteiger charge is 2.44. The molecule has 1 aliphatic rings. The number of aryl methyl sites for hydroxylation is 1. The number of benzene rings is 4. The lowest BCUT2D eigenvalue weighted by atomic mass is 9.65. The van der Waals surface area contributed by atoms with Crippen molar-refractivity contribution in [3.8, 4) is 0 Å². The van der Waals surface area contributed by atoms with Crippen LogP contribution in [0.3, 0.4) is 0 Å². The Morgan fingerprint density at radius 3 is 2.22 bits per heavy atom. The van der Waals surface area contributed by atoms with Gasteiger partial charge in [0.15, 0.2) is 0 Å². The van der Waals surface area contributed by atoms with Crippen LogP contribution in [0.1, 0.15) is 50.8 Å². The molecule has 1 heteroatoms. The highest BCUT2D eigenvalue weighted by Crippen LogP contribution is 2.52. The lowest BCUT2D eigenvalue weighted by Gasteiger charge is -2.50. The molecule has 0 radical (unpaired) electrons. The number of rotatable bonds is 6. The molecule has 182 valence electrons. The summed E-state index contributed by atoms with van der Waals surface area (Å²) in [4.78, 5) is 2.50. The van der Waals surface area contributed by atoms with Crippen molar-refractivity contribution in [2.45, 2.75) is 52.0 Å². The van der Waals surface area contributed by atoms with Crippen LogP contribution in [0.25, 0.3) is 27.6 Å². The number of nitrogens with zero attached hydrogens (tertiary/aromatic N) is 1. The topological polar surface area (TPSA) is 3.24 Å². The second-order valence-corrected chi connectivity index (χ2v) is 10.5. The Morgan fingerprint density at radius 2 is 1.58 bits per heavy atom. The van der Waals surface area contributed by atoms with Crippen molar-refractivity contribution < 1.29 is 0 Å². The molecule has 5 rings (SSSR count). The Kier molecular flexibility index (Phi) is 6.35. The summed E-state index contributed by atoms with van der Waals surface area (Å²) in [6.07, 6.45) is 10.9. The fourth-order valence-electron chi connectivity index (χ4n) is 6.43. The highest BCUT2D eigenvalue weighted by molar-refractivity contribution is 6.14. The molecule has 0 fully saturated rings. The average Bonchev–Trinajstić information content (AvgIpc) is 2.90. The van der Waals surface area contributed by atoms with E-state index in [-0.39, 0.29) is 17.4 Å². The van der Waals surface area contributed by atoms with Gasteiger partial charge in [-0.15, -0.1) is 6.58 Å². The molecule has 2 unspecified atom stereocenters. The quantitative estimate of drug-likeness (QED) is 0.200. The van der Waals surface area contributed by atoms with Crippen molar-refractivity contribution in [1.29, 1.82) is 0 Å². The first-order valence-corrected chi connectivity index (χ1v) is 13.2. The van der Waals surface area contributed by atoms with Gasteiger partial charge in [-0.05, 0) is 75.8 Å². The van der Waals surface area contributed by atoms with Crippen LogP contribution in [-0.4, -0.2) is 6.04 Å². The predicted molar refractivity (Wildman–Crippen MR) is 159 cm³/mol. The van der Waals surface area contributed by atoms with E-state index in [0.717, 1.165) is 12.8 Å². The first-order chi connectivity index (χ1) is 17.5. The second-order valence-electron chi connectivity index (χ2n) is 10.5. The van der Waals surface area contributed by atoms with Crippen molar-refractivity contribution in [3.05, 3.63) is 115 Å². The second kappa shape index (κ2) is 9.47. The van der Waals surface area contributed by atoms with Crippen molar-refractivity contribution in [3.63, 3.8) is 0 Å². The summed E-state index contributed by atoms with van der Waals surface area (Å²) < 4.78 is 0. The molecule has 0 spiro atoms. The van der Waals surface area contributed by atoms with Crippen LogP contribution in [-0.2, 0) is 11.8 Å². The van der Waals surface area contributed by atoms with Gasteiger partial charge in [0.2, 0.25) is 0 Å². The standard InChI is InChI=1S/C35H37N/c1-7-16-26-25(9-3)29-22-32-34(23-30(29)28-21-15-14-20-27(26)28)36(24-18-12-11-13-19-24)33(10-4)31(17-8-2)35(32,5)6/h8-15,17-23,31,33H,3-4,7,16H2,1-2,5-6H3/b17-8-. The highest BCUT2D eigenvalue weighted by atomic mass is 15.2. The smallest absolute Gasteiger partial charge is 0.0590 e. The summed E-state index contributed by atoms with van der Waals surface area (Å²) in [6.45, 7) is 17.8. The van der Waals surface area contributed by atoms with E-state index in [0.29, 0.717) is 0 Å². The Balaban J connectivity index is 1.95. The van der Waals surface area contributed by atoms with Gasteiger partial charge < -0.3 is 4.90 Å².